The molecule has 0 radical (unpaired) electrons. The van der Waals surface area contributed by atoms with Crippen LogP contribution in [0.4, 0.5) is 0 Å². The van der Waals surface area contributed by atoms with E-state index in [0.29, 0.717) is 12.2 Å². The van der Waals surface area contributed by atoms with Gasteiger partial charge in [-0.05, 0) is 66.6 Å². The third kappa shape index (κ3) is 3.66. The van der Waals surface area contributed by atoms with E-state index in [9.17, 15) is 4.79 Å². The topological polar surface area (TPSA) is 46.4 Å². The Balaban J connectivity index is 1.74. The number of amides is 1. The molecule has 4 nitrogen and oxygen atoms in total. The first-order chi connectivity index (χ1) is 11.2. The molecule has 2 aromatic rings. The Labute approximate surface area is 145 Å². The maximum Gasteiger partial charge on any atom is 0.270 e. The first-order valence-corrected chi connectivity index (χ1v) is 9.11. The van der Waals surface area contributed by atoms with Gasteiger partial charge in [0.25, 0.3) is 5.91 Å². The van der Waals surface area contributed by atoms with Crippen molar-refractivity contribution in [2.24, 2.45) is 0 Å². The minimum absolute atomic E-state index is 0.0381. The molecule has 3 rings (SSSR count). The van der Waals surface area contributed by atoms with Crippen molar-refractivity contribution in [3.63, 3.8) is 0 Å². The monoisotopic (exact) mass is 375 g/mol. The molecular formula is C18H22BrN3O. The molecule has 1 aliphatic carbocycles. The lowest BCUT2D eigenvalue weighted by Gasteiger charge is -2.13. The summed E-state index contributed by atoms with van der Waals surface area (Å²) in [6, 6.07) is 3.87. The van der Waals surface area contributed by atoms with Crippen LogP contribution in [0.15, 0.2) is 34.5 Å². The molecule has 5 heteroatoms. The van der Waals surface area contributed by atoms with Crippen molar-refractivity contribution < 1.29 is 4.79 Å². The molecule has 0 bridgehead atoms. The normalized spacial score (nSPS) is 14.8. The second-order valence-electron chi connectivity index (χ2n) is 5.95. The van der Waals surface area contributed by atoms with Crippen molar-refractivity contribution in [3.05, 3.63) is 45.8 Å². The van der Waals surface area contributed by atoms with Crippen LogP contribution in [-0.4, -0.2) is 21.8 Å². The number of nitrogens with zero attached hydrogens (tertiary/aromatic N) is 2. The zero-order valence-electron chi connectivity index (χ0n) is 13.4. The number of fused-ring (bicyclic) bond motifs is 1. The quantitative estimate of drug-likeness (QED) is 0.792. The van der Waals surface area contributed by atoms with Crippen LogP contribution in [0.5, 0.6) is 0 Å². The van der Waals surface area contributed by atoms with Crippen LogP contribution in [0.3, 0.4) is 0 Å². The second-order valence-corrected chi connectivity index (χ2v) is 6.87. The molecule has 1 amide bonds. The van der Waals surface area contributed by atoms with Crippen molar-refractivity contribution in [2.75, 3.05) is 6.54 Å². The minimum atomic E-state index is -0.0381. The van der Waals surface area contributed by atoms with E-state index < -0.39 is 0 Å². The van der Waals surface area contributed by atoms with E-state index in [-0.39, 0.29) is 5.91 Å². The molecule has 2 aromatic heterocycles. The Bertz CT molecular complexity index is 748. The lowest BCUT2D eigenvalue weighted by molar-refractivity contribution is 0.0947. The smallest absolute Gasteiger partial charge is 0.270 e. The number of allylic oxidation sites excluding steroid dienone is 1. The van der Waals surface area contributed by atoms with Crippen molar-refractivity contribution in [2.45, 2.75) is 45.4 Å². The second kappa shape index (κ2) is 7.30. The van der Waals surface area contributed by atoms with E-state index in [1.807, 2.05) is 29.7 Å². The van der Waals surface area contributed by atoms with Crippen LogP contribution in [0.1, 0.15) is 55.2 Å². The van der Waals surface area contributed by atoms with Gasteiger partial charge >= 0.3 is 0 Å². The summed E-state index contributed by atoms with van der Waals surface area (Å²) in [5.74, 6) is -0.0381. The van der Waals surface area contributed by atoms with Crippen LogP contribution < -0.4 is 5.32 Å². The van der Waals surface area contributed by atoms with E-state index in [1.165, 1.54) is 31.3 Å². The van der Waals surface area contributed by atoms with Gasteiger partial charge < -0.3 is 5.32 Å². The Kier molecular flexibility index (Phi) is 5.16. The molecule has 1 N–H and O–H groups in total. The minimum Gasteiger partial charge on any atom is -0.350 e. The van der Waals surface area contributed by atoms with Gasteiger partial charge in [0.15, 0.2) is 0 Å². The highest BCUT2D eigenvalue weighted by molar-refractivity contribution is 9.10. The molecule has 0 aliphatic heterocycles. The van der Waals surface area contributed by atoms with Gasteiger partial charge in [0.2, 0.25) is 0 Å². The summed E-state index contributed by atoms with van der Waals surface area (Å²) in [6.07, 6.45) is 10.9. The Morgan fingerprint density at radius 1 is 1.39 bits per heavy atom. The number of hydrogen-bond donors (Lipinski definition) is 1. The number of aryl methyl sites for hydroxylation is 1. The van der Waals surface area contributed by atoms with Gasteiger partial charge in [0, 0.05) is 17.2 Å². The molecule has 0 aromatic carbocycles. The molecule has 0 fully saturated rings. The SMILES string of the molecule is CCc1nc2ccc(Br)cn2c1C(=O)NCCC1=CCCCC1. The molecule has 0 saturated heterocycles. The maximum atomic E-state index is 12.6. The van der Waals surface area contributed by atoms with Crippen LogP contribution >= 0.6 is 15.9 Å². The predicted molar refractivity (Wildman–Crippen MR) is 95.8 cm³/mol. The van der Waals surface area contributed by atoms with Crippen LogP contribution in [0, 0.1) is 0 Å². The summed E-state index contributed by atoms with van der Waals surface area (Å²) in [5, 5.41) is 3.06. The number of carbonyl (C=O) groups excluding carboxylic acids is 1. The summed E-state index contributed by atoms with van der Waals surface area (Å²) >= 11 is 3.46. The fraction of sp³-hybridized carbons (Fsp3) is 0.444. The number of aromatic nitrogens is 2. The molecule has 122 valence electrons. The number of halogens is 1. The van der Waals surface area contributed by atoms with Gasteiger partial charge in [-0.15, -0.1) is 0 Å². The van der Waals surface area contributed by atoms with Gasteiger partial charge in [-0.2, -0.15) is 0 Å². The van der Waals surface area contributed by atoms with Crippen molar-refractivity contribution >= 4 is 27.5 Å². The zero-order valence-corrected chi connectivity index (χ0v) is 15.0. The van der Waals surface area contributed by atoms with Crippen molar-refractivity contribution in [1.82, 2.24) is 14.7 Å². The lowest BCUT2D eigenvalue weighted by Crippen LogP contribution is -2.27. The molecular weight excluding hydrogens is 354 g/mol. The molecule has 0 saturated carbocycles. The van der Waals surface area contributed by atoms with Crippen molar-refractivity contribution in [3.8, 4) is 0 Å². The van der Waals surface area contributed by atoms with E-state index in [0.717, 1.165) is 28.7 Å². The van der Waals surface area contributed by atoms with Gasteiger partial charge in [-0.3, -0.25) is 9.20 Å². The molecule has 0 spiro atoms. The summed E-state index contributed by atoms with van der Waals surface area (Å²) in [6.45, 7) is 2.72. The average Bonchev–Trinajstić information content (AvgIpc) is 2.93. The third-order valence-corrected chi connectivity index (χ3v) is 4.79. The molecule has 1 aliphatic rings. The number of imidazole rings is 1. The largest absolute Gasteiger partial charge is 0.350 e. The number of nitrogens with one attached hydrogen (secondary N) is 1. The summed E-state index contributed by atoms with van der Waals surface area (Å²) in [5.41, 5.74) is 3.79. The van der Waals surface area contributed by atoms with Crippen LogP contribution in [0.2, 0.25) is 0 Å². The predicted octanol–water partition coefficient (Wildman–Crippen LogP) is 4.28. The fourth-order valence-electron chi connectivity index (χ4n) is 3.11. The molecule has 0 unspecified atom stereocenters. The van der Waals surface area contributed by atoms with E-state index >= 15 is 0 Å². The Morgan fingerprint density at radius 2 is 2.26 bits per heavy atom. The first kappa shape index (κ1) is 16.2. The van der Waals surface area contributed by atoms with E-state index in [1.54, 1.807) is 0 Å². The number of pyridine rings is 1. The summed E-state index contributed by atoms with van der Waals surface area (Å²) in [7, 11) is 0. The molecule has 0 atom stereocenters. The van der Waals surface area contributed by atoms with Gasteiger partial charge in [0.1, 0.15) is 11.3 Å². The molecule has 23 heavy (non-hydrogen) atoms. The Morgan fingerprint density at radius 3 is 3.00 bits per heavy atom. The van der Waals surface area contributed by atoms with Crippen LogP contribution in [-0.2, 0) is 6.42 Å². The van der Waals surface area contributed by atoms with Gasteiger partial charge in [0.05, 0.1) is 5.69 Å². The first-order valence-electron chi connectivity index (χ1n) is 8.31. The standard InChI is InChI=1S/C18H22BrN3O/c1-2-15-17(22-12-14(19)8-9-16(22)21-15)18(23)20-11-10-13-6-4-3-5-7-13/h6,8-9,12H,2-5,7,10-11H2,1H3,(H,20,23). The highest BCUT2D eigenvalue weighted by Gasteiger charge is 2.18. The lowest BCUT2D eigenvalue weighted by atomic mass is 9.97. The number of rotatable bonds is 5. The van der Waals surface area contributed by atoms with E-state index in [2.05, 4.69) is 32.3 Å². The number of hydrogen-bond acceptors (Lipinski definition) is 2. The third-order valence-electron chi connectivity index (χ3n) is 4.32. The average molecular weight is 376 g/mol. The van der Waals surface area contributed by atoms with Crippen LogP contribution in [0.25, 0.3) is 5.65 Å². The fourth-order valence-corrected chi connectivity index (χ4v) is 3.44. The Hall–Kier alpha value is -1.62. The highest BCUT2D eigenvalue weighted by atomic mass is 79.9. The van der Waals surface area contributed by atoms with Gasteiger partial charge in [-0.25, -0.2) is 4.98 Å². The van der Waals surface area contributed by atoms with E-state index in [4.69, 9.17) is 0 Å². The van der Waals surface area contributed by atoms with Gasteiger partial charge in [-0.1, -0.05) is 18.6 Å². The number of carbonyl (C=O) groups is 1. The molecule has 2 heterocycles. The van der Waals surface area contributed by atoms with Crippen molar-refractivity contribution in [1.29, 1.82) is 0 Å². The zero-order chi connectivity index (χ0) is 16.2. The summed E-state index contributed by atoms with van der Waals surface area (Å²) < 4.78 is 2.81. The highest BCUT2D eigenvalue weighted by Crippen LogP contribution is 2.20. The summed E-state index contributed by atoms with van der Waals surface area (Å²) in [4.78, 5) is 17.2. The maximum absolute atomic E-state index is 12.6.